The molecule has 2 aromatic rings. The summed E-state index contributed by atoms with van der Waals surface area (Å²) in [6, 6.07) is 3.92. The Morgan fingerprint density at radius 2 is 1.67 bits per heavy atom. The fraction of sp³-hybridized carbons (Fsp3) is 0.333. The average molecular weight is 376 g/mol. The Balaban J connectivity index is 2.26. The summed E-state index contributed by atoms with van der Waals surface area (Å²) in [6.07, 6.45) is 0. The molecule has 0 aliphatic rings. The molecule has 0 unspecified atom stereocenters. The molecule has 144 valence electrons. The standard InChI is InChI=1S/C18H20N2O7/c1-10-6-12(11(2)19(10)3)15(21)9-27-18(22)13-7-16(25-4)17(26-5)8-14(13)20(23)24/h6-8H,9H2,1-5H3. The number of ether oxygens (including phenoxy) is 3. The van der Waals surface area contributed by atoms with Crippen LogP contribution in [0, 0.1) is 24.0 Å². The van der Waals surface area contributed by atoms with Crippen molar-refractivity contribution in [3.05, 3.63) is 50.8 Å². The highest BCUT2D eigenvalue weighted by atomic mass is 16.6. The normalized spacial score (nSPS) is 10.4. The van der Waals surface area contributed by atoms with Gasteiger partial charge in [0.2, 0.25) is 5.78 Å². The molecule has 1 heterocycles. The number of ketones is 1. The van der Waals surface area contributed by atoms with Crippen molar-refractivity contribution < 1.29 is 28.7 Å². The first-order chi connectivity index (χ1) is 12.7. The van der Waals surface area contributed by atoms with Crippen LogP contribution in [-0.2, 0) is 11.8 Å². The molecular weight excluding hydrogens is 356 g/mol. The molecule has 0 aliphatic carbocycles. The number of carbonyl (C=O) groups excluding carboxylic acids is 2. The van der Waals surface area contributed by atoms with Gasteiger partial charge in [0.25, 0.3) is 5.69 Å². The third-order valence-corrected chi connectivity index (χ3v) is 4.33. The molecule has 0 aliphatic heterocycles. The Morgan fingerprint density at radius 3 is 2.15 bits per heavy atom. The summed E-state index contributed by atoms with van der Waals surface area (Å²) >= 11 is 0. The quantitative estimate of drug-likeness (QED) is 0.316. The second-order valence-electron chi connectivity index (χ2n) is 5.82. The molecule has 9 heteroatoms. The van der Waals surface area contributed by atoms with Gasteiger partial charge in [0.05, 0.1) is 25.2 Å². The summed E-state index contributed by atoms with van der Waals surface area (Å²) in [7, 11) is 4.48. The van der Waals surface area contributed by atoms with Crippen molar-refractivity contribution in [2.75, 3.05) is 20.8 Å². The van der Waals surface area contributed by atoms with E-state index >= 15 is 0 Å². The van der Waals surface area contributed by atoms with E-state index in [-0.39, 0.29) is 17.1 Å². The number of methoxy groups -OCH3 is 2. The number of rotatable bonds is 7. The molecule has 1 aromatic carbocycles. The zero-order chi connectivity index (χ0) is 20.3. The highest BCUT2D eigenvalue weighted by Crippen LogP contribution is 2.34. The molecule has 0 atom stereocenters. The maximum atomic E-state index is 12.4. The highest BCUT2D eigenvalue weighted by Gasteiger charge is 2.26. The van der Waals surface area contributed by atoms with E-state index in [1.165, 1.54) is 14.2 Å². The molecule has 0 fully saturated rings. The van der Waals surface area contributed by atoms with Crippen LogP contribution in [-0.4, -0.2) is 42.1 Å². The Kier molecular flexibility index (Phi) is 5.84. The molecule has 0 spiro atoms. The predicted octanol–water partition coefficient (Wildman–Crippen LogP) is 2.61. The van der Waals surface area contributed by atoms with Crippen molar-refractivity contribution in [1.29, 1.82) is 0 Å². The number of nitrogens with zero attached hydrogens (tertiary/aromatic N) is 2. The van der Waals surface area contributed by atoms with Crippen molar-refractivity contribution in [1.82, 2.24) is 4.57 Å². The summed E-state index contributed by atoms with van der Waals surface area (Å²) in [5, 5.41) is 11.3. The molecule has 0 amide bonds. The molecule has 0 N–H and O–H groups in total. The van der Waals surface area contributed by atoms with Gasteiger partial charge in [0.15, 0.2) is 18.1 Å². The minimum Gasteiger partial charge on any atom is -0.493 e. The van der Waals surface area contributed by atoms with Crippen LogP contribution < -0.4 is 9.47 Å². The molecule has 0 bridgehead atoms. The van der Waals surface area contributed by atoms with Gasteiger partial charge in [-0.05, 0) is 19.9 Å². The maximum Gasteiger partial charge on any atom is 0.345 e. The van der Waals surface area contributed by atoms with Crippen LogP contribution in [0.15, 0.2) is 18.2 Å². The molecule has 1 aromatic heterocycles. The van der Waals surface area contributed by atoms with Crippen molar-refractivity contribution >= 4 is 17.4 Å². The molecule has 0 saturated heterocycles. The summed E-state index contributed by atoms with van der Waals surface area (Å²) in [5.74, 6) is -1.16. The number of hydrogen-bond donors (Lipinski definition) is 0. The number of nitro groups is 1. The lowest BCUT2D eigenvalue weighted by atomic mass is 10.1. The van der Waals surface area contributed by atoms with Gasteiger partial charge in [-0.25, -0.2) is 4.79 Å². The van der Waals surface area contributed by atoms with Gasteiger partial charge in [-0.1, -0.05) is 0 Å². The zero-order valence-corrected chi connectivity index (χ0v) is 15.7. The molecule has 9 nitrogen and oxygen atoms in total. The summed E-state index contributed by atoms with van der Waals surface area (Å²) in [6.45, 7) is 3.10. The Bertz CT molecular complexity index is 915. The molecule has 0 radical (unpaired) electrons. The number of hydrogen-bond acceptors (Lipinski definition) is 7. The van der Waals surface area contributed by atoms with E-state index in [0.717, 1.165) is 23.5 Å². The summed E-state index contributed by atoms with van der Waals surface area (Å²) in [5.41, 5.74) is 1.23. The molecule has 0 saturated carbocycles. The van der Waals surface area contributed by atoms with Gasteiger partial charge < -0.3 is 18.8 Å². The highest BCUT2D eigenvalue weighted by molar-refractivity contribution is 6.01. The van der Waals surface area contributed by atoms with Crippen LogP contribution in [0.1, 0.15) is 32.1 Å². The third-order valence-electron chi connectivity index (χ3n) is 4.33. The second kappa shape index (κ2) is 7.90. The predicted molar refractivity (Wildman–Crippen MR) is 95.7 cm³/mol. The smallest absolute Gasteiger partial charge is 0.345 e. The Hall–Kier alpha value is -3.36. The van der Waals surface area contributed by atoms with Crippen molar-refractivity contribution in [3.8, 4) is 11.5 Å². The van der Waals surface area contributed by atoms with Crippen LogP contribution in [0.2, 0.25) is 0 Å². The largest absolute Gasteiger partial charge is 0.493 e. The first kappa shape index (κ1) is 20.0. The number of benzene rings is 1. The van der Waals surface area contributed by atoms with E-state index in [4.69, 9.17) is 14.2 Å². The van der Waals surface area contributed by atoms with E-state index in [2.05, 4.69) is 0 Å². The van der Waals surface area contributed by atoms with E-state index < -0.39 is 29.0 Å². The number of carbonyl (C=O) groups is 2. The number of aromatic nitrogens is 1. The van der Waals surface area contributed by atoms with E-state index in [1.807, 2.05) is 18.5 Å². The Labute approximate surface area is 155 Å². The van der Waals surface area contributed by atoms with Crippen molar-refractivity contribution in [2.45, 2.75) is 13.8 Å². The average Bonchev–Trinajstić information content (AvgIpc) is 2.91. The monoisotopic (exact) mass is 376 g/mol. The number of aryl methyl sites for hydroxylation is 1. The SMILES string of the molecule is COc1cc(C(=O)OCC(=O)c2cc(C)n(C)c2C)c([N+](=O)[O-])cc1OC. The fourth-order valence-corrected chi connectivity index (χ4v) is 2.61. The maximum absolute atomic E-state index is 12.4. The second-order valence-corrected chi connectivity index (χ2v) is 5.82. The summed E-state index contributed by atoms with van der Waals surface area (Å²) in [4.78, 5) is 35.2. The number of esters is 1. The minimum absolute atomic E-state index is 0.104. The van der Waals surface area contributed by atoms with Crippen LogP contribution in [0.4, 0.5) is 5.69 Å². The van der Waals surface area contributed by atoms with E-state index in [1.54, 1.807) is 13.0 Å². The van der Waals surface area contributed by atoms with Gasteiger partial charge in [-0.15, -0.1) is 0 Å². The van der Waals surface area contributed by atoms with Crippen LogP contribution in [0.5, 0.6) is 11.5 Å². The van der Waals surface area contributed by atoms with Gasteiger partial charge in [0.1, 0.15) is 5.56 Å². The zero-order valence-electron chi connectivity index (χ0n) is 15.7. The number of Topliss-reactive ketones (excluding diaryl/α,β-unsaturated/α-hetero) is 1. The summed E-state index contributed by atoms with van der Waals surface area (Å²) < 4.78 is 16.9. The first-order valence-electron chi connectivity index (χ1n) is 7.94. The third kappa shape index (κ3) is 3.91. The van der Waals surface area contributed by atoms with Gasteiger partial charge in [-0.3, -0.25) is 14.9 Å². The van der Waals surface area contributed by atoms with Gasteiger partial charge >= 0.3 is 5.97 Å². The van der Waals surface area contributed by atoms with Crippen LogP contribution in [0.3, 0.4) is 0 Å². The molecule has 2 rings (SSSR count). The van der Waals surface area contributed by atoms with E-state index in [9.17, 15) is 19.7 Å². The van der Waals surface area contributed by atoms with Crippen molar-refractivity contribution in [3.63, 3.8) is 0 Å². The lowest BCUT2D eigenvalue weighted by Crippen LogP contribution is -2.16. The molecule has 27 heavy (non-hydrogen) atoms. The number of nitro benzene ring substituents is 1. The molecular formula is C18H20N2O7. The first-order valence-corrected chi connectivity index (χ1v) is 7.94. The van der Waals surface area contributed by atoms with Gasteiger partial charge in [-0.2, -0.15) is 0 Å². The Morgan fingerprint density at radius 1 is 1.07 bits per heavy atom. The van der Waals surface area contributed by atoms with Crippen molar-refractivity contribution in [2.24, 2.45) is 7.05 Å². The fourth-order valence-electron chi connectivity index (χ4n) is 2.61. The van der Waals surface area contributed by atoms with Crippen LogP contribution >= 0.6 is 0 Å². The van der Waals surface area contributed by atoms with E-state index in [0.29, 0.717) is 5.56 Å². The lowest BCUT2D eigenvalue weighted by molar-refractivity contribution is -0.385. The van der Waals surface area contributed by atoms with Gasteiger partial charge in [0, 0.05) is 30.1 Å². The topological polar surface area (TPSA) is 110 Å². The minimum atomic E-state index is -0.999. The lowest BCUT2D eigenvalue weighted by Gasteiger charge is -2.10. The van der Waals surface area contributed by atoms with Crippen LogP contribution in [0.25, 0.3) is 0 Å².